The van der Waals surface area contributed by atoms with E-state index in [2.05, 4.69) is 5.32 Å². The summed E-state index contributed by atoms with van der Waals surface area (Å²) in [6.45, 7) is 3.39. The second-order valence-electron chi connectivity index (χ2n) is 3.91. The Morgan fingerprint density at radius 2 is 2.06 bits per heavy atom. The first-order valence-corrected chi connectivity index (χ1v) is 6.68. The number of amides is 1. The van der Waals surface area contributed by atoms with Crippen LogP contribution in [-0.2, 0) is 9.59 Å². The minimum Gasteiger partial charge on any atom is -0.480 e. The Balaban J connectivity index is 2.87. The summed E-state index contributed by atoms with van der Waals surface area (Å²) in [6.07, 6.45) is 1.42. The van der Waals surface area contributed by atoms with Gasteiger partial charge in [-0.3, -0.25) is 9.59 Å². The highest BCUT2D eigenvalue weighted by Gasteiger charge is 2.19. The Morgan fingerprint density at radius 1 is 1.39 bits per heavy atom. The maximum Gasteiger partial charge on any atom is 0.316 e. The van der Waals surface area contributed by atoms with Gasteiger partial charge in [-0.2, -0.15) is 0 Å². The van der Waals surface area contributed by atoms with Crippen LogP contribution in [0.4, 0.5) is 5.69 Å². The van der Waals surface area contributed by atoms with Crippen molar-refractivity contribution in [3.63, 3.8) is 0 Å². The summed E-state index contributed by atoms with van der Waals surface area (Å²) in [4.78, 5) is 23.0. The van der Waals surface area contributed by atoms with Crippen molar-refractivity contribution in [2.45, 2.75) is 36.8 Å². The van der Waals surface area contributed by atoms with Crippen molar-refractivity contribution in [3.8, 4) is 0 Å². The number of para-hydroxylation sites is 1. The van der Waals surface area contributed by atoms with Crippen molar-refractivity contribution in [2.75, 3.05) is 5.32 Å². The normalized spacial score (nSPS) is 11.9. The molecule has 0 heterocycles. The largest absolute Gasteiger partial charge is 0.480 e. The van der Waals surface area contributed by atoms with Crippen LogP contribution in [0.3, 0.4) is 0 Å². The fraction of sp³-hybridized carbons (Fsp3) is 0.385. The van der Waals surface area contributed by atoms with E-state index in [1.807, 2.05) is 25.1 Å². The highest BCUT2D eigenvalue weighted by molar-refractivity contribution is 8.00. The van der Waals surface area contributed by atoms with Gasteiger partial charge in [0.1, 0.15) is 5.25 Å². The molecule has 18 heavy (non-hydrogen) atoms. The van der Waals surface area contributed by atoms with E-state index in [9.17, 15) is 9.59 Å². The summed E-state index contributed by atoms with van der Waals surface area (Å²) in [6, 6.07) is 7.24. The number of anilines is 1. The van der Waals surface area contributed by atoms with E-state index in [-0.39, 0.29) is 5.91 Å². The fourth-order valence-corrected chi connectivity index (χ4v) is 2.67. The van der Waals surface area contributed by atoms with Gasteiger partial charge in [0.15, 0.2) is 0 Å². The monoisotopic (exact) mass is 267 g/mol. The molecule has 0 bridgehead atoms. The Kier molecular flexibility index (Phi) is 5.71. The van der Waals surface area contributed by atoms with E-state index in [4.69, 9.17) is 5.11 Å². The van der Waals surface area contributed by atoms with Gasteiger partial charge in [-0.15, -0.1) is 11.8 Å². The molecule has 0 spiro atoms. The molecule has 1 amide bonds. The number of carboxylic acids is 1. The molecule has 4 nitrogen and oxygen atoms in total. The molecular weight excluding hydrogens is 250 g/mol. The molecule has 0 saturated heterocycles. The van der Waals surface area contributed by atoms with Crippen molar-refractivity contribution < 1.29 is 14.7 Å². The summed E-state index contributed by atoms with van der Waals surface area (Å²) in [5.74, 6) is -0.982. The third-order valence-electron chi connectivity index (χ3n) is 2.29. The predicted molar refractivity (Wildman–Crippen MR) is 72.9 cm³/mol. The van der Waals surface area contributed by atoms with Gasteiger partial charge in [0, 0.05) is 11.8 Å². The van der Waals surface area contributed by atoms with Crippen LogP contribution in [0.25, 0.3) is 0 Å². The zero-order valence-electron chi connectivity index (χ0n) is 10.5. The lowest BCUT2D eigenvalue weighted by molar-refractivity contribution is -0.136. The van der Waals surface area contributed by atoms with Gasteiger partial charge in [-0.05, 0) is 18.6 Å². The number of hydrogen-bond donors (Lipinski definition) is 2. The summed E-state index contributed by atoms with van der Waals surface area (Å²) >= 11 is 1.28. The third kappa shape index (κ3) is 4.41. The number of carbonyl (C=O) groups is 2. The molecule has 1 atom stereocenters. The number of aliphatic carboxylic acids is 1. The topological polar surface area (TPSA) is 66.4 Å². The molecule has 0 saturated carbocycles. The van der Waals surface area contributed by atoms with Gasteiger partial charge in [0.2, 0.25) is 5.91 Å². The molecule has 1 aromatic carbocycles. The standard InChI is InChI=1S/C13H17NO3S/c1-3-6-12(13(16)17)18-11-8-5-4-7-10(11)14-9(2)15/h4-5,7-8,12H,3,6H2,1-2H3,(H,14,15)(H,16,17)/t12-/m1/s1. The van der Waals surface area contributed by atoms with E-state index in [1.54, 1.807) is 6.07 Å². The minimum absolute atomic E-state index is 0.162. The first-order valence-electron chi connectivity index (χ1n) is 5.80. The van der Waals surface area contributed by atoms with Gasteiger partial charge >= 0.3 is 5.97 Å². The number of carboxylic acid groups (broad SMARTS) is 1. The third-order valence-corrected chi connectivity index (χ3v) is 3.63. The molecule has 0 aliphatic heterocycles. The van der Waals surface area contributed by atoms with Crippen LogP contribution in [0.15, 0.2) is 29.2 Å². The second-order valence-corrected chi connectivity index (χ2v) is 5.16. The van der Waals surface area contributed by atoms with Crippen LogP contribution in [0.5, 0.6) is 0 Å². The number of benzene rings is 1. The van der Waals surface area contributed by atoms with Crippen LogP contribution >= 0.6 is 11.8 Å². The highest BCUT2D eigenvalue weighted by atomic mass is 32.2. The Bertz CT molecular complexity index is 434. The van der Waals surface area contributed by atoms with E-state index in [1.165, 1.54) is 18.7 Å². The summed E-state index contributed by atoms with van der Waals surface area (Å²) in [5.41, 5.74) is 0.664. The van der Waals surface area contributed by atoms with Crippen LogP contribution in [0.1, 0.15) is 26.7 Å². The van der Waals surface area contributed by atoms with Crippen LogP contribution in [0, 0.1) is 0 Å². The molecule has 0 radical (unpaired) electrons. The van der Waals surface area contributed by atoms with Gasteiger partial charge < -0.3 is 10.4 Å². The van der Waals surface area contributed by atoms with Crippen LogP contribution in [-0.4, -0.2) is 22.2 Å². The summed E-state index contributed by atoms with van der Waals surface area (Å²) in [7, 11) is 0. The van der Waals surface area contributed by atoms with Crippen molar-refractivity contribution in [1.29, 1.82) is 0 Å². The van der Waals surface area contributed by atoms with Crippen molar-refractivity contribution in [3.05, 3.63) is 24.3 Å². The van der Waals surface area contributed by atoms with Crippen molar-refractivity contribution >= 4 is 29.3 Å². The molecule has 0 aliphatic carbocycles. The molecule has 1 aromatic rings. The Hall–Kier alpha value is -1.49. The number of thioether (sulfide) groups is 1. The quantitative estimate of drug-likeness (QED) is 0.778. The van der Waals surface area contributed by atoms with Gasteiger partial charge in [0.05, 0.1) is 5.69 Å². The molecule has 0 aliphatic rings. The van der Waals surface area contributed by atoms with E-state index >= 15 is 0 Å². The first-order chi connectivity index (χ1) is 8.54. The molecule has 2 N–H and O–H groups in total. The van der Waals surface area contributed by atoms with Crippen LogP contribution < -0.4 is 5.32 Å². The molecular formula is C13H17NO3S. The van der Waals surface area contributed by atoms with Gasteiger partial charge in [-0.25, -0.2) is 0 Å². The molecule has 5 heteroatoms. The molecule has 0 fully saturated rings. The maximum absolute atomic E-state index is 11.1. The number of nitrogens with one attached hydrogen (secondary N) is 1. The lowest BCUT2D eigenvalue weighted by Gasteiger charge is -2.14. The smallest absolute Gasteiger partial charge is 0.316 e. The minimum atomic E-state index is -0.820. The molecule has 1 rings (SSSR count). The second kappa shape index (κ2) is 7.06. The zero-order chi connectivity index (χ0) is 13.5. The average molecular weight is 267 g/mol. The van der Waals surface area contributed by atoms with Crippen molar-refractivity contribution in [2.24, 2.45) is 0 Å². The Morgan fingerprint density at radius 3 is 2.61 bits per heavy atom. The number of rotatable bonds is 6. The van der Waals surface area contributed by atoms with E-state index in [0.717, 1.165) is 11.3 Å². The fourth-order valence-electron chi connectivity index (χ4n) is 1.51. The van der Waals surface area contributed by atoms with E-state index in [0.29, 0.717) is 12.1 Å². The van der Waals surface area contributed by atoms with Gasteiger partial charge in [-0.1, -0.05) is 25.5 Å². The Labute approximate surface area is 111 Å². The predicted octanol–water partition coefficient (Wildman–Crippen LogP) is 2.99. The first kappa shape index (κ1) is 14.6. The summed E-state index contributed by atoms with van der Waals surface area (Å²) in [5, 5.41) is 11.4. The molecule has 0 unspecified atom stereocenters. The van der Waals surface area contributed by atoms with Crippen molar-refractivity contribution in [1.82, 2.24) is 0 Å². The zero-order valence-corrected chi connectivity index (χ0v) is 11.3. The molecule has 0 aromatic heterocycles. The average Bonchev–Trinajstić information content (AvgIpc) is 2.30. The number of hydrogen-bond acceptors (Lipinski definition) is 3. The SMILES string of the molecule is CCC[C@@H](Sc1ccccc1NC(C)=O)C(=O)O. The van der Waals surface area contributed by atoms with Crippen LogP contribution in [0.2, 0.25) is 0 Å². The lowest BCUT2D eigenvalue weighted by atomic mass is 10.2. The summed E-state index contributed by atoms with van der Waals surface area (Å²) < 4.78 is 0. The number of carbonyl (C=O) groups excluding carboxylic acids is 1. The lowest BCUT2D eigenvalue weighted by Crippen LogP contribution is -2.16. The molecule has 98 valence electrons. The van der Waals surface area contributed by atoms with Gasteiger partial charge in [0.25, 0.3) is 0 Å². The van der Waals surface area contributed by atoms with E-state index < -0.39 is 11.2 Å². The highest BCUT2D eigenvalue weighted by Crippen LogP contribution is 2.32. The maximum atomic E-state index is 11.1.